The predicted molar refractivity (Wildman–Crippen MR) is 69.6 cm³/mol. The fourth-order valence-electron chi connectivity index (χ4n) is 1.66. The quantitative estimate of drug-likeness (QED) is 0.565. The number of rotatable bonds is 8. The van der Waals surface area contributed by atoms with Gasteiger partial charge < -0.3 is 15.2 Å². The number of nitro groups is 1. The summed E-state index contributed by atoms with van der Waals surface area (Å²) in [7, 11) is 1.38. The van der Waals surface area contributed by atoms with Crippen LogP contribution in [0, 0.1) is 10.1 Å². The van der Waals surface area contributed by atoms with E-state index in [4.69, 9.17) is 9.84 Å². The summed E-state index contributed by atoms with van der Waals surface area (Å²) in [4.78, 5) is 20.8. The summed E-state index contributed by atoms with van der Waals surface area (Å²) in [6.07, 6.45) is -2.91. The molecule has 2 N–H and O–H groups in total. The number of halogens is 2. The van der Waals surface area contributed by atoms with E-state index in [1.54, 1.807) is 0 Å². The molecule has 116 valence electrons. The molecule has 0 aliphatic rings. The average Bonchev–Trinajstić information content (AvgIpc) is 2.42. The molecule has 0 saturated heterocycles. The van der Waals surface area contributed by atoms with Gasteiger partial charge in [0.15, 0.2) is 0 Å². The summed E-state index contributed by atoms with van der Waals surface area (Å²) in [5.74, 6) is -1.23. The summed E-state index contributed by atoms with van der Waals surface area (Å²) in [6, 6.07) is 1.69. The van der Waals surface area contributed by atoms with Gasteiger partial charge in [-0.2, -0.15) is 0 Å². The van der Waals surface area contributed by atoms with Crippen LogP contribution in [0.25, 0.3) is 0 Å². The molecule has 1 rings (SSSR count). The van der Waals surface area contributed by atoms with E-state index in [2.05, 4.69) is 5.32 Å². The molecule has 1 unspecified atom stereocenters. The summed E-state index contributed by atoms with van der Waals surface area (Å²) in [6.45, 7) is 0.126. The molecule has 1 aromatic carbocycles. The van der Waals surface area contributed by atoms with Crippen molar-refractivity contribution in [2.75, 3.05) is 19.0 Å². The lowest BCUT2D eigenvalue weighted by Crippen LogP contribution is -2.31. The Bertz CT molecular complexity index is 524. The monoisotopic (exact) mass is 304 g/mol. The number of carboxylic acid groups (broad SMARTS) is 1. The minimum atomic E-state index is -2.97. The van der Waals surface area contributed by atoms with E-state index >= 15 is 0 Å². The zero-order valence-electron chi connectivity index (χ0n) is 11.1. The van der Waals surface area contributed by atoms with Gasteiger partial charge in [0.25, 0.3) is 12.1 Å². The number of nitrogens with one attached hydrogen (secondary N) is 1. The minimum absolute atomic E-state index is 0.0610. The van der Waals surface area contributed by atoms with Crippen molar-refractivity contribution >= 4 is 17.3 Å². The number of non-ortho nitro benzene ring substituents is 1. The van der Waals surface area contributed by atoms with Gasteiger partial charge in [-0.25, -0.2) is 13.6 Å². The minimum Gasteiger partial charge on any atom is -0.480 e. The second-order valence-corrected chi connectivity index (χ2v) is 4.15. The van der Waals surface area contributed by atoms with Crippen molar-refractivity contribution in [3.05, 3.63) is 33.9 Å². The van der Waals surface area contributed by atoms with E-state index in [1.165, 1.54) is 7.11 Å². The normalized spacial score (nSPS) is 12.2. The first kappa shape index (κ1) is 16.8. The Hall–Kier alpha value is -2.29. The number of carbonyl (C=O) groups is 1. The van der Waals surface area contributed by atoms with Crippen LogP contribution in [0.5, 0.6) is 0 Å². The largest absolute Gasteiger partial charge is 0.480 e. The van der Waals surface area contributed by atoms with Crippen LogP contribution in [0.15, 0.2) is 18.2 Å². The first-order chi connectivity index (χ1) is 9.86. The van der Waals surface area contributed by atoms with E-state index < -0.39 is 34.6 Å². The molecule has 1 aromatic rings. The van der Waals surface area contributed by atoms with Gasteiger partial charge >= 0.3 is 5.97 Å². The van der Waals surface area contributed by atoms with Gasteiger partial charge in [-0.3, -0.25) is 10.1 Å². The highest BCUT2D eigenvalue weighted by Crippen LogP contribution is 2.31. The zero-order chi connectivity index (χ0) is 16.0. The standard InChI is InChI=1S/C12H14F2N2O5/c1-21-5-4-10(12(17)18)15-9-3-2-7(16(19)20)6-8(9)11(13)14/h2-3,6,10-11,15H,4-5H2,1H3,(H,17,18). The van der Waals surface area contributed by atoms with E-state index in [1.807, 2.05) is 0 Å². The molecule has 0 heterocycles. The molecule has 9 heteroatoms. The fourth-order valence-corrected chi connectivity index (χ4v) is 1.66. The Labute approximate surface area is 118 Å². The Balaban J connectivity index is 3.05. The number of carboxylic acids is 1. The molecule has 0 fully saturated rings. The van der Waals surface area contributed by atoms with Crippen molar-refractivity contribution in [2.24, 2.45) is 0 Å². The van der Waals surface area contributed by atoms with Crippen LogP contribution in [0.3, 0.4) is 0 Å². The van der Waals surface area contributed by atoms with Crippen molar-refractivity contribution in [2.45, 2.75) is 18.9 Å². The maximum absolute atomic E-state index is 12.9. The molecule has 1 atom stereocenters. The van der Waals surface area contributed by atoms with Crippen LogP contribution < -0.4 is 5.32 Å². The number of hydrogen-bond donors (Lipinski definition) is 2. The topological polar surface area (TPSA) is 102 Å². The highest BCUT2D eigenvalue weighted by atomic mass is 19.3. The molecule has 0 radical (unpaired) electrons. The van der Waals surface area contributed by atoms with Crippen molar-refractivity contribution in [3.63, 3.8) is 0 Å². The molecule has 0 aliphatic carbocycles. The van der Waals surface area contributed by atoms with Crippen LogP contribution in [-0.4, -0.2) is 35.8 Å². The summed E-state index contributed by atoms with van der Waals surface area (Å²) in [5.41, 5.74) is -1.26. The molecule has 7 nitrogen and oxygen atoms in total. The number of nitro benzene ring substituents is 1. The lowest BCUT2D eigenvalue weighted by atomic mass is 10.1. The van der Waals surface area contributed by atoms with Crippen molar-refractivity contribution < 1.29 is 28.3 Å². The fraction of sp³-hybridized carbons (Fsp3) is 0.417. The maximum Gasteiger partial charge on any atom is 0.326 e. The van der Waals surface area contributed by atoms with Gasteiger partial charge in [0, 0.05) is 43.5 Å². The molecule has 21 heavy (non-hydrogen) atoms. The first-order valence-corrected chi connectivity index (χ1v) is 5.91. The number of benzene rings is 1. The SMILES string of the molecule is COCCC(Nc1ccc([N+](=O)[O-])cc1C(F)F)C(=O)O. The molecular weight excluding hydrogens is 290 g/mol. The second-order valence-electron chi connectivity index (χ2n) is 4.15. The first-order valence-electron chi connectivity index (χ1n) is 5.91. The van der Waals surface area contributed by atoms with E-state index in [-0.39, 0.29) is 18.7 Å². The van der Waals surface area contributed by atoms with E-state index in [0.29, 0.717) is 0 Å². The number of hydrogen-bond acceptors (Lipinski definition) is 5. The third-order valence-electron chi connectivity index (χ3n) is 2.72. The smallest absolute Gasteiger partial charge is 0.326 e. The van der Waals surface area contributed by atoms with Crippen LogP contribution in [0.2, 0.25) is 0 Å². The molecule has 0 saturated carbocycles. The van der Waals surface area contributed by atoms with Gasteiger partial charge in [-0.1, -0.05) is 0 Å². The predicted octanol–water partition coefficient (Wildman–Crippen LogP) is 2.43. The molecule has 0 amide bonds. The molecule has 0 aliphatic heterocycles. The summed E-state index contributed by atoms with van der Waals surface area (Å²) < 4.78 is 30.6. The van der Waals surface area contributed by atoms with Crippen LogP contribution in [0.4, 0.5) is 20.2 Å². The third-order valence-corrected chi connectivity index (χ3v) is 2.72. The van der Waals surface area contributed by atoms with Crippen molar-refractivity contribution in [1.29, 1.82) is 0 Å². The maximum atomic E-state index is 12.9. The van der Waals surface area contributed by atoms with Gasteiger partial charge in [-0.05, 0) is 6.07 Å². The molecule has 0 aromatic heterocycles. The highest BCUT2D eigenvalue weighted by Gasteiger charge is 2.22. The van der Waals surface area contributed by atoms with Gasteiger partial charge in [0.1, 0.15) is 6.04 Å². The Morgan fingerprint density at radius 3 is 2.67 bits per heavy atom. The Morgan fingerprint density at radius 2 is 2.19 bits per heavy atom. The number of alkyl halides is 2. The van der Waals surface area contributed by atoms with Crippen molar-refractivity contribution in [3.8, 4) is 0 Å². The highest BCUT2D eigenvalue weighted by molar-refractivity contribution is 5.78. The number of anilines is 1. The van der Waals surface area contributed by atoms with Crippen LogP contribution in [-0.2, 0) is 9.53 Å². The van der Waals surface area contributed by atoms with Crippen molar-refractivity contribution in [1.82, 2.24) is 0 Å². The molecule has 0 spiro atoms. The Kier molecular flexibility index (Phi) is 5.97. The van der Waals surface area contributed by atoms with E-state index in [9.17, 15) is 23.7 Å². The Morgan fingerprint density at radius 1 is 1.52 bits per heavy atom. The van der Waals surface area contributed by atoms with Gasteiger partial charge in [0.2, 0.25) is 0 Å². The van der Waals surface area contributed by atoms with Crippen LogP contribution in [0.1, 0.15) is 18.4 Å². The van der Waals surface area contributed by atoms with Gasteiger partial charge in [-0.15, -0.1) is 0 Å². The number of nitrogens with zero attached hydrogens (tertiary/aromatic N) is 1. The van der Waals surface area contributed by atoms with Gasteiger partial charge in [0.05, 0.1) is 4.92 Å². The lowest BCUT2D eigenvalue weighted by Gasteiger charge is -2.17. The number of ether oxygens (including phenoxy) is 1. The lowest BCUT2D eigenvalue weighted by molar-refractivity contribution is -0.385. The molecular formula is C12H14F2N2O5. The third kappa shape index (κ3) is 4.63. The summed E-state index contributed by atoms with van der Waals surface area (Å²) in [5, 5.41) is 22.1. The van der Waals surface area contributed by atoms with E-state index in [0.717, 1.165) is 18.2 Å². The second kappa shape index (κ2) is 7.48. The van der Waals surface area contributed by atoms with Crippen LogP contribution >= 0.6 is 0 Å². The zero-order valence-corrected chi connectivity index (χ0v) is 11.1. The summed E-state index contributed by atoms with van der Waals surface area (Å²) >= 11 is 0. The average molecular weight is 304 g/mol. The molecule has 0 bridgehead atoms. The number of aliphatic carboxylic acids is 1. The number of methoxy groups -OCH3 is 1.